The van der Waals surface area contributed by atoms with Gasteiger partial charge in [0.05, 0.1) is 0 Å². The number of unbranched alkanes of at least 4 members (excludes halogenated alkanes) is 3. The van der Waals surface area contributed by atoms with Crippen molar-refractivity contribution < 1.29 is 0 Å². The summed E-state index contributed by atoms with van der Waals surface area (Å²) in [5, 5.41) is 0. The first-order valence-corrected chi connectivity index (χ1v) is 6.62. The molecule has 0 aromatic carbocycles. The first-order chi connectivity index (χ1) is 6.62. The Bertz CT molecular complexity index is 101. The van der Waals surface area contributed by atoms with E-state index < -0.39 is 0 Å². The van der Waals surface area contributed by atoms with Crippen LogP contribution in [0.1, 0.15) is 85.5 Å². The van der Waals surface area contributed by atoms with Gasteiger partial charge in [0.15, 0.2) is 0 Å². The molecule has 0 amide bonds. The van der Waals surface area contributed by atoms with Crippen molar-refractivity contribution in [1.82, 2.24) is 0 Å². The van der Waals surface area contributed by atoms with Gasteiger partial charge in [0.2, 0.25) is 0 Å². The minimum Gasteiger partial charge on any atom is -0.0654 e. The van der Waals surface area contributed by atoms with Crippen molar-refractivity contribution in [3.05, 3.63) is 0 Å². The Morgan fingerprint density at radius 3 is 1.43 bits per heavy atom. The van der Waals surface area contributed by atoms with Gasteiger partial charge in [-0.15, -0.1) is 0 Å². The third-order valence-electron chi connectivity index (χ3n) is 3.16. The highest BCUT2D eigenvalue weighted by Gasteiger charge is 2.19. The molecule has 0 radical (unpaired) electrons. The lowest BCUT2D eigenvalue weighted by atomic mass is 9.78. The van der Waals surface area contributed by atoms with Crippen LogP contribution in [-0.2, 0) is 0 Å². The van der Waals surface area contributed by atoms with Crippen molar-refractivity contribution in [2.24, 2.45) is 5.41 Å². The van der Waals surface area contributed by atoms with E-state index >= 15 is 0 Å². The molecule has 0 spiro atoms. The molecule has 0 aliphatic heterocycles. The van der Waals surface area contributed by atoms with Gasteiger partial charge in [-0.3, -0.25) is 0 Å². The lowest BCUT2D eigenvalue weighted by Crippen LogP contribution is -2.14. The molecule has 0 bridgehead atoms. The van der Waals surface area contributed by atoms with E-state index in [9.17, 15) is 0 Å². The molecule has 1 aliphatic rings. The lowest BCUT2D eigenvalue weighted by Gasteiger charge is -2.28. The summed E-state index contributed by atoms with van der Waals surface area (Å²) in [5.74, 6) is 0. The standard InChI is InChI=1S/C8H16.C6H14/c1-8(2)6-4-3-5-7-8;1-3-5-6-4-2/h3-7H2,1-2H3;3-6H2,1-2H3. The second kappa shape index (κ2) is 8.32. The molecule has 0 heteroatoms. The molecular formula is C14H30. The van der Waals surface area contributed by atoms with E-state index in [1.165, 1.54) is 57.8 Å². The maximum atomic E-state index is 2.38. The molecule has 1 rings (SSSR count). The second-order valence-corrected chi connectivity index (χ2v) is 5.43. The molecule has 0 nitrogen and oxygen atoms in total. The van der Waals surface area contributed by atoms with Crippen molar-refractivity contribution in [3.63, 3.8) is 0 Å². The molecule has 1 aliphatic carbocycles. The van der Waals surface area contributed by atoms with Gasteiger partial charge in [-0.05, 0) is 18.3 Å². The molecule has 1 saturated carbocycles. The van der Waals surface area contributed by atoms with Crippen molar-refractivity contribution in [3.8, 4) is 0 Å². The summed E-state index contributed by atoms with van der Waals surface area (Å²) in [4.78, 5) is 0. The molecular weight excluding hydrogens is 168 g/mol. The van der Waals surface area contributed by atoms with Gasteiger partial charge in [0.25, 0.3) is 0 Å². The molecule has 14 heavy (non-hydrogen) atoms. The van der Waals surface area contributed by atoms with Crippen molar-refractivity contribution in [2.75, 3.05) is 0 Å². The summed E-state index contributed by atoms with van der Waals surface area (Å²) in [6.07, 6.45) is 12.8. The largest absolute Gasteiger partial charge is 0.0654 e. The normalized spacial score (nSPS) is 19.7. The quantitative estimate of drug-likeness (QED) is 0.520. The fraction of sp³-hybridized carbons (Fsp3) is 1.00. The Labute approximate surface area is 91.5 Å². The fourth-order valence-electron chi connectivity index (χ4n) is 2.01. The van der Waals surface area contributed by atoms with Crippen LogP contribution in [0.5, 0.6) is 0 Å². The highest BCUT2D eigenvalue weighted by atomic mass is 14.3. The summed E-state index contributed by atoms with van der Waals surface area (Å²) in [6.45, 7) is 9.23. The molecule has 0 aromatic heterocycles. The fourth-order valence-corrected chi connectivity index (χ4v) is 2.01. The zero-order chi connectivity index (χ0) is 10.9. The van der Waals surface area contributed by atoms with Gasteiger partial charge in [0.1, 0.15) is 0 Å². The summed E-state index contributed by atoms with van der Waals surface area (Å²) < 4.78 is 0. The Morgan fingerprint density at radius 2 is 1.21 bits per heavy atom. The third kappa shape index (κ3) is 8.59. The van der Waals surface area contributed by atoms with Crippen LogP contribution in [-0.4, -0.2) is 0 Å². The van der Waals surface area contributed by atoms with Crippen molar-refractivity contribution in [2.45, 2.75) is 85.5 Å². The molecule has 1 fully saturated rings. The van der Waals surface area contributed by atoms with Crippen LogP contribution in [0.3, 0.4) is 0 Å². The van der Waals surface area contributed by atoms with Gasteiger partial charge in [-0.1, -0.05) is 72.6 Å². The smallest absolute Gasteiger partial charge is 0.0354 e. The highest BCUT2D eigenvalue weighted by molar-refractivity contribution is 4.72. The summed E-state index contributed by atoms with van der Waals surface area (Å²) in [7, 11) is 0. The van der Waals surface area contributed by atoms with Crippen molar-refractivity contribution in [1.29, 1.82) is 0 Å². The van der Waals surface area contributed by atoms with Crippen molar-refractivity contribution >= 4 is 0 Å². The first-order valence-electron chi connectivity index (χ1n) is 6.62. The third-order valence-corrected chi connectivity index (χ3v) is 3.16. The predicted molar refractivity (Wildman–Crippen MR) is 66.7 cm³/mol. The van der Waals surface area contributed by atoms with Crippen LogP contribution in [0.2, 0.25) is 0 Å². The zero-order valence-corrected chi connectivity index (χ0v) is 10.9. The number of rotatable bonds is 3. The van der Waals surface area contributed by atoms with Gasteiger partial charge < -0.3 is 0 Å². The van der Waals surface area contributed by atoms with Gasteiger partial charge >= 0.3 is 0 Å². The predicted octanol–water partition coefficient (Wildman–Crippen LogP) is 5.56. The van der Waals surface area contributed by atoms with Gasteiger partial charge in [0, 0.05) is 0 Å². The van der Waals surface area contributed by atoms with Crippen LogP contribution in [0.15, 0.2) is 0 Å². The minimum atomic E-state index is 0.679. The van der Waals surface area contributed by atoms with E-state index in [-0.39, 0.29) is 0 Å². The molecule has 0 heterocycles. The van der Waals surface area contributed by atoms with E-state index in [1.54, 1.807) is 0 Å². The Kier molecular flexibility index (Phi) is 8.32. The molecule has 86 valence electrons. The van der Waals surface area contributed by atoms with E-state index in [4.69, 9.17) is 0 Å². The topological polar surface area (TPSA) is 0 Å². The Hall–Kier alpha value is 0. The maximum absolute atomic E-state index is 2.38. The van der Waals surface area contributed by atoms with Crippen LogP contribution in [0.4, 0.5) is 0 Å². The van der Waals surface area contributed by atoms with Gasteiger partial charge in [-0.25, -0.2) is 0 Å². The zero-order valence-electron chi connectivity index (χ0n) is 10.9. The summed E-state index contributed by atoms with van der Waals surface area (Å²) in [6, 6.07) is 0. The monoisotopic (exact) mass is 198 g/mol. The maximum Gasteiger partial charge on any atom is -0.0354 e. The molecule has 0 unspecified atom stereocenters. The number of hydrogen-bond donors (Lipinski definition) is 0. The molecule has 0 N–H and O–H groups in total. The van der Waals surface area contributed by atoms with E-state index in [0.29, 0.717) is 5.41 Å². The van der Waals surface area contributed by atoms with E-state index in [1.807, 2.05) is 0 Å². The van der Waals surface area contributed by atoms with Crippen LogP contribution >= 0.6 is 0 Å². The van der Waals surface area contributed by atoms with E-state index in [2.05, 4.69) is 27.7 Å². The molecule has 0 saturated heterocycles. The average Bonchev–Trinajstić information content (AvgIpc) is 2.15. The SMILES string of the molecule is CC1(C)CCCCC1.CCCCCC. The van der Waals surface area contributed by atoms with Crippen LogP contribution < -0.4 is 0 Å². The van der Waals surface area contributed by atoms with Gasteiger partial charge in [-0.2, -0.15) is 0 Å². The number of hydrogen-bond acceptors (Lipinski definition) is 0. The average molecular weight is 198 g/mol. The summed E-state index contributed by atoms with van der Waals surface area (Å²) in [5.41, 5.74) is 0.679. The Morgan fingerprint density at radius 1 is 0.786 bits per heavy atom. The molecule has 0 aromatic rings. The minimum absolute atomic E-state index is 0.679. The first kappa shape index (κ1) is 14.0. The lowest BCUT2D eigenvalue weighted by molar-refractivity contribution is 0.244. The summed E-state index contributed by atoms with van der Waals surface area (Å²) >= 11 is 0. The second-order valence-electron chi connectivity index (χ2n) is 5.43. The van der Waals surface area contributed by atoms with Crippen LogP contribution in [0.25, 0.3) is 0 Å². The Balaban J connectivity index is 0.000000255. The molecule has 0 atom stereocenters. The van der Waals surface area contributed by atoms with Crippen LogP contribution in [0, 0.1) is 5.41 Å². The highest BCUT2D eigenvalue weighted by Crippen LogP contribution is 2.34. The van der Waals surface area contributed by atoms with E-state index in [0.717, 1.165) is 0 Å².